The summed E-state index contributed by atoms with van der Waals surface area (Å²) in [6, 6.07) is 0.904. The van der Waals surface area contributed by atoms with Gasteiger partial charge in [-0.3, -0.25) is 14.4 Å². The zero-order valence-corrected chi connectivity index (χ0v) is 64.7. The van der Waals surface area contributed by atoms with E-state index in [0.717, 1.165) is 185 Å². The van der Waals surface area contributed by atoms with Gasteiger partial charge in [-0.1, -0.05) is 51.7 Å². The molecule has 22 nitrogen and oxygen atoms in total. The Hall–Kier alpha value is -4.83. The van der Waals surface area contributed by atoms with E-state index >= 15 is 0 Å². The van der Waals surface area contributed by atoms with Gasteiger partial charge in [0.25, 0.3) is 0 Å². The Bertz CT molecular complexity index is 2470. The molecule has 6 saturated carbocycles. The highest BCUT2D eigenvalue weighted by Gasteiger charge is 2.40. The lowest BCUT2D eigenvalue weighted by Gasteiger charge is -2.38. The number of hydrogen-bond donors (Lipinski definition) is 3. The molecule has 3 N–H and O–H groups in total. The number of esters is 5. The number of carbonyl (C=O) groups is 8. The lowest BCUT2D eigenvalue weighted by atomic mass is 9.72. The highest BCUT2D eigenvalue weighted by atomic mass is 28.5. The number of rotatable bonds is 39. The summed E-state index contributed by atoms with van der Waals surface area (Å²) in [6.45, 7) is 24.3. The molecule has 0 aromatic heterocycles. The summed E-state index contributed by atoms with van der Waals surface area (Å²) >= 11 is 0. The van der Waals surface area contributed by atoms with Crippen LogP contribution in [0.15, 0.2) is 25.3 Å². The van der Waals surface area contributed by atoms with Gasteiger partial charge in [-0.2, -0.15) is 0 Å². The minimum absolute atomic E-state index is 0.00130. The van der Waals surface area contributed by atoms with Crippen molar-refractivity contribution in [3.05, 3.63) is 25.3 Å². The van der Waals surface area contributed by atoms with Crippen LogP contribution in [0.25, 0.3) is 0 Å². The molecule has 99 heavy (non-hydrogen) atoms. The summed E-state index contributed by atoms with van der Waals surface area (Å²) in [5.41, 5.74) is 0. The number of alkyl carbamates (subject to hydrolysis) is 3. The minimum atomic E-state index is -2.47. The second-order valence-corrected chi connectivity index (χ2v) is 44.9. The average Bonchev–Trinajstić information content (AvgIpc) is 0.851. The fourth-order valence-corrected chi connectivity index (χ4v) is 28.8. The van der Waals surface area contributed by atoms with Gasteiger partial charge in [0.15, 0.2) is 22.7 Å². The summed E-state index contributed by atoms with van der Waals surface area (Å²) in [6.07, 6.45) is 28.6. The largest absolute Gasteiger partial charge is 0.462 e. The molecular formula is C74H127N3O19Si3. The van der Waals surface area contributed by atoms with E-state index in [4.69, 9.17) is 50.9 Å². The zero-order valence-electron chi connectivity index (χ0n) is 61.7. The average molecular weight is 1450 g/mol. The molecule has 0 heterocycles. The normalized spacial score (nSPS) is 26.7. The number of carbonyl (C=O) groups excluding carboxylic acids is 8. The van der Waals surface area contributed by atoms with E-state index < -0.39 is 67.6 Å². The third-order valence-electron chi connectivity index (χ3n) is 21.0. The predicted octanol–water partition coefficient (Wildman–Crippen LogP) is 14.6. The van der Waals surface area contributed by atoms with Gasteiger partial charge in [0.1, 0.15) is 45.7 Å². The minimum Gasteiger partial charge on any atom is -0.462 e. The topological polar surface area (TPSA) is 274 Å². The second kappa shape index (κ2) is 43.3. The van der Waals surface area contributed by atoms with Crippen LogP contribution in [0.1, 0.15) is 206 Å². The highest BCUT2D eigenvalue weighted by molar-refractivity contribution is 6.87. The van der Waals surface area contributed by atoms with Crippen LogP contribution in [0.4, 0.5) is 14.4 Å². The molecule has 6 rings (SSSR count). The first kappa shape index (κ1) is 83.1. The van der Waals surface area contributed by atoms with Gasteiger partial charge in [0, 0.05) is 56.1 Å². The number of hydrogen-bond acceptors (Lipinski definition) is 19. The van der Waals surface area contributed by atoms with Crippen molar-refractivity contribution >= 4 is 73.3 Å². The van der Waals surface area contributed by atoms with Crippen molar-refractivity contribution in [2.45, 2.75) is 288 Å². The van der Waals surface area contributed by atoms with Gasteiger partial charge in [-0.25, -0.2) is 24.0 Å². The van der Waals surface area contributed by atoms with Gasteiger partial charge in [-0.05, 0) is 253 Å². The highest BCUT2D eigenvalue weighted by Crippen LogP contribution is 2.42. The molecule has 0 bridgehead atoms. The van der Waals surface area contributed by atoms with Gasteiger partial charge in [0.2, 0.25) is 0 Å². The Kier molecular flexibility index (Phi) is 36.4. The van der Waals surface area contributed by atoms with E-state index in [-0.39, 0.29) is 88.2 Å². The fraction of sp³-hybridized carbons (Fsp3) is 0.838. The monoisotopic (exact) mass is 1450 g/mol. The molecule has 6 aliphatic rings. The van der Waals surface area contributed by atoms with E-state index in [0.29, 0.717) is 73.2 Å². The van der Waals surface area contributed by atoms with Crippen LogP contribution in [-0.2, 0) is 74.8 Å². The van der Waals surface area contributed by atoms with Crippen LogP contribution < -0.4 is 16.0 Å². The first-order valence-corrected chi connectivity index (χ1v) is 47.4. The van der Waals surface area contributed by atoms with Gasteiger partial charge >= 0.3 is 56.7 Å². The van der Waals surface area contributed by atoms with Crippen molar-refractivity contribution in [1.82, 2.24) is 16.0 Å². The number of amides is 3. The SMILES string of the molecule is C=CC(=O)OCCOC(=O)CC1CCC(CC2CCC(CC(=O)OC(COCCC[Si](C)(O[Si](C)(C)C)O[Si](C)(C)C)COC(=O)NC3CCC(CC4CCC(NC(=O)OC(C)COC(=O)CC5CCC(CC6CCC(NC(=O)OCCOC(=O)C=C)CC6)CC5)CC4)CC3)CC2)CC1. The van der Waals surface area contributed by atoms with Crippen LogP contribution in [-0.4, -0.2) is 157 Å². The van der Waals surface area contributed by atoms with Crippen molar-refractivity contribution in [3.8, 4) is 0 Å². The van der Waals surface area contributed by atoms with E-state index in [9.17, 15) is 38.4 Å². The molecule has 6 fully saturated rings. The maximum atomic E-state index is 13.7. The molecule has 2 unspecified atom stereocenters. The Morgan fingerprint density at radius 3 is 1.13 bits per heavy atom. The van der Waals surface area contributed by atoms with Gasteiger partial charge < -0.3 is 66.8 Å². The van der Waals surface area contributed by atoms with Gasteiger partial charge in [0.05, 0.1) is 6.61 Å². The molecule has 0 aromatic carbocycles. The third kappa shape index (κ3) is 35.3. The Morgan fingerprint density at radius 1 is 0.384 bits per heavy atom. The van der Waals surface area contributed by atoms with E-state index in [1.165, 1.54) is 12.8 Å². The van der Waals surface area contributed by atoms with Crippen LogP contribution in [0.5, 0.6) is 0 Å². The zero-order chi connectivity index (χ0) is 71.8. The molecule has 0 spiro atoms. The maximum absolute atomic E-state index is 13.7. The summed E-state index contributed by atoms with van der Waals surface area (Å²) in [4.78, 5) is 99.8. The first-order valence-electron chi connectivity index (χ1n) is 38.1. The second-order valence-electron chi connectivity index (χ2n) is 32.0. The van der Waals surface area contributed by atoms with E-state index in [1.807, 2.05) is 0 Å². The molecule has 0 aromatic rings. The molecule has 25 heteroatoms. The summed E-state index contributed by atoms with van der Waals surface area (Å²) in [7, 11) is -6.21. The van der Waals surface area contributed by atoms with Crippen LogP contribution in [0.2, 0.25) is 51.9 Å². The summed E-state index contributed by atoms with van der Waals surface area (Å²) < 4.78 is 62.9. The predicted molar refractivity (Wildman–Crippen MR) is 384 cm³/mol. The van der Waals surface area contributed by atoms with Crippen LogP contribution >= 0.6 is 0 Å². The quantitative estimate of drug-likeness (QED) is 0.0170. The van der Waals surface area contributed by atoms with Crippen molar-refractivity contribution in [1.29, 1.82) is 0 Å². The number of ether oxygens (including phenoxy) is 9. The molecule has 6 aliphatic carbocycles. The molecule has 3 amide bonds. The van der Waals surface area contributed by atoms with Crippen LogP contribution in [0.3, 0.4) is 0 Å². The van der Waals surface area contributed by atoms with Gasteiger partial charge in [-0.15, -0.1) is 0 Å². The first-order chi connectivity index (χ1) is 47.1. The standard InChI is InChI=1S/C74H127N3O19Si3/c1-11-67(78)87-39-40-89-69(80)47-60-20-14-54(15-21-60)44-55-18-24-62(25-19-55)49-71(82)94-66(51-86-38-13-43-99(10,95-97(4,5)6)96-98(7,8)9)52-92-73(84)76-64-34-28-58(29-35-64)46-59-30-36-65(37-31-59)77-74(85)93-53(3)50-91-70(81)48-61-22-16-56(17-23-61)45-57-26-32-63(33-27-57)75-72(83)90-42-41-88-68(79)12-2/h11-12,53-66H,1-2,13-52H2,3-10H3,(H,75,83)(H,76,84)(H,77,85). The van der Waals surface area contributed by atoms with Crippen molar-refractivity contribution in [3.63, 3.8) is 0 Å². The lowest BCUT2D eigenvalue weighted by Crippen LogP contribution is -2.52. The maximum Gasteiger partial charge on any atom is 0.407 e. The molecular weight excluding hydrogens is 1320 g/mol. The van der Waals surface area contributed by atoms with E-state index in [1.54, 1.807) is 6.92 Å². The summed E-state index contributed by atoms with van der Waals surface area (Å²) in [5.74, 6) is 2.64. The Morgan fingerprint density at radius 2 is 0.727 bits per heavy atom. The van der Waals surface area contributed by atoms with Crippen molar-refractivity contribution in [2.24, 2.45) is 53.3 Å². The number of nitrogens with one attached hydrogen (secondary N) is 3. The smallest absolute Gasteiger partial charge is 0.407 e. The summed E-state index contributed by atoms with van der Waals surface area (Å²) in [5, 5.41) is 9.10. The fourth-order valence-electron chi connectivity index (χ4n) is 16.3. The van der Waals surface area contributed by atoms with Crippen molar-refractivity contribution < 1.29 is 89.2 Å². The van der Waals surface area contributed by atoms with E-state index in [2.05, 4.69) is 74.9 Å². The molecule has 2 atom stereocenters. The molecule has 0 aliphatic heterocycles. The molecule has 564 valence electrons. The van der Waals surface area contributed by atoms with Crippen molar-refractivity contribution in [2.75, 3.05) is 52.9 Å². The Labute approximate surface area is 595 Å². The third-order valence-corrected chi connectivity index (χ3v) is 30.6. The molecule has 0 radical (unpaired) electrons. The Balaban J connectivity index is 0.815. The lowest BCUT2D eigenvalue weighted by molar-refractivity contribution is -0.156. The molecule has 0 saturated heterocycles. The van der Waals surface area contributed by atoms with Crippen LogP contribution in [0, 0.1) is 53.3 Å².